The maximum Gasteiger partial charge on any atom is 0.279 e. The molecule has 13 heavy (non-hydrogen) atoms. The lowest BCUT2D eigenvalue weighted by Crippen LogP contribution is -3.04. The van der Waals surface area contributed by atoms with Crippen molar-refractivity contribution in [3.05, 3.63) is 23.9 Å². The van der Waals surface area contributed by atoms with Gasteiger partial charge in [0.15, 0.2) is 0 Å². The normalized spacial score (nSPS) is 33.2. The van der Waals surface area contributed by atoms with Gasteiger partial charge in [0.05, 0.1) is 11.8 Å². The predicted octanol–water partition coefficient (Wildman–Crippen LogP) is -3.58. The molecule has 0 bridgehead atoms. The molecule has 0 aromatic rings. The summed E-state index contributed by atoms with van der Waals surface area (Å²) >= 11 is 0. The second-order valence-corrected chi connectivity index (χ2v) is 2.86. The van der Waals surface area contributed by atoms with Crippen LogP contribution in [0.1, 0.15) is 0 Å². The predicted molar refractivity (Wildman–Crippen MR) is 40.2 cm³/mol. The Labute approximate surface area is 80.8 Å². The molecule has 3 aliphatic heterocycles. The van der Waals surface area contributed by atoms with Crippen LogP contribution in [0, 0.1) is 0 Å². The summed E-state index contributed by atoms with van der Waals surface area (Å²) in [6, 6.07) is 0. The second kappa shape index (κ2) is 3.02. The van der Waals surface area contributed by atoms with Gasteiger partial charge in [0.1, 0.15) is 12.3 Å². The van der Waals surface area contributed by atoms with Crippen LogP contribution in [0.2, 0.25) is 0 Å². The number of nitrogens with zero attached hydrogens (tertiary/aromatic N) is 3. The first-order chi connectivity index (χ1) is 5.93. The molecule has 0 aromatic heterocycles. The lowest BCUT2D eigenvalue weighted by Gasteiger charge is -2.05. The molecule has 3 heterocycles. The van der Waals surface area contributed by atoms with Crippen molar-refractivity contribution in [2.45, 2.75) is 6.10 Å². The first-order valence-electron chi connectivity index (χ1n) is 3.81. The Morgan fingerprint density at radius 3 is 3.08 bits per heavy atom. The lowest BCUT2D eigenvalue weighted by atomic mass is 10.1. The van der Waals surface area contributed by atoms with E-state index in [9.17, 15) is 0 Å². The van der Waals surface area contributed by atoms with E-state index in [0.717, 1.165) is 17.5 Å². The monoisotopic (exact) mass is 198 g/mol. The molecule has 2 unspecified atom stereocenters. The van der Waals surface area contributed by atoms with E-state index >= 15 is 0 Å². The third-order valence-electron chi connectivity index (χ3n) is 2.01. The van der Waals surface area contributed by atoms with Crippen molar-refractivity contribution >= 4 is 5.84 Å². The highest BCUT2D eigenvalue weighted by Gasteiger charge is 2.32. The Kier molecular flexibility index (Phi) is 1.99. The van der Waals surface area contributed by atoms with E-state index < -0.39 is 0 Å². The largest absolute Gasteiger partial charge is 1.00 e. The molecule has 2 atom stereocenters. The fraction of sp³-hybridized carbons (Fsp3) is 0.286. The number of hydrogen-bond acceptors (Lipinski definition) is 4. The summed E-state index contributed by atoms with van der Waals surface area (Å²) < 4.78 is 5.15. The minimum atomic E-state index is 0. The number of nitrogens with one attached hydrogen (secondary N) is 1. The zero-order valence-corrected chi connectivity index (χ0v) is 7.40. The summed E-state index contributed by atoms with van der Waals surface area (Å²) in [6.07, 6.45) is 6.20. The summed E-state index contributed by atoms with van der Waals surface area (Å²) in [6.45, 7) is 0.826. The van der Waals surface area contributed by atoms with E-state index in [1.807, 2.05) is 18.4 Å². The van der Waals surface area contributed by atoms with E-state index in [-0.39, 0.29) is 18.5 Å². The van der Waals surface area contributed by atoms with E-state index in [0.29, 0.717) is 0 Å². The highest BCUT2D eigenvalue weighted by atomic mass is 35.5. The van der Waals surface area contributed by atoms with Crippen molar-refractivity contribution in [3.63, 3.8) is 0 Å². The fourth-order valence-corrected chi connectivity index (χ4v) is 1.26. The van der Waals surface area contributed by atoms with E-state index in [1.54, 1.807) is 0 Å². The summed E-state index contributed by atoms with van der Waals surface area (Å²) in [5.74, 6) is 0.847. The Morgan fingerprint density at radius 2 is 2.31 bits per heavy atom. The van der Waals surface area contributed by atoms with Crippen molar-refractivity contribution in [2.75, 3.05) is 6.61 Å². The summed E-state index contributed by atoms with van der Waals surface area (Å²) in [5.41, 5.74) is 1.17. The van der Waals surface area contributed by atoms with Crippen LogP contribution in [-0.4, -0.2) is 18.5 Å². The number of epoxide rings is 1. The molecule has 3 aliphatic rings. The van der Waals surface area contributed by atoms with Gasteiger partial charge in [-0.05, 0) is 6.08 Å². The van der Waals surface area contributed by atoms with Gasteiger partial charge in [-0.15, -0.1) is 5.01 Å². The summed E-state index contributed by atoms with van der Waals surface area (Å²) in [7, 11) is 0. The summed E-state index contributed by atoms with van der Waals surface area (Å²) in [4.78, 5) is 0. The Hall–Kier alpha value is -1.04. The van der Waals surface area contributed by atoms with Gasteiger partial charge in [0, 0.05) is 16.9 Å². The highest BCUT2D eigenvalue weighted by Crippen LogP contribution is 2.20. The number of ether oxygens (including phenoxy) is 1. The number of amidine groups is 1. The van der Waals surface area contributed by atoms with Gasteiger partial charge in [-0.25, -0.2) is 0 Å². The highest BCUT2D eigenvalue weighted by molar-refractivity contribution is 5.87. The Balaban J connectivity index is 0.000000653. The standard InChI is InChI=1S/C7H6N4O.ClH/c1-2-7-8-9-10-11(7)3-5(1)6-4-12-6;/h1-3,6H,4H2;1H. The average Bonchev–Trinajstić information content (AvgIpc) is 2.84. The topological polar surface area (TPSA) is 54.0 Å². The Bertz CT molecular complexity index is 342. The van der Waals surface area contributed by atoms with E-state index in [4.69, 9.17) is 4.74 Å². The molecule has 0 amide bonds. The van der Waals surface area contributed by atoms with Gasteiger partial charge >= 0.3 is 0 Å². The molecule has 0 saturated carbocycles. The number of halogens is 1. The van der Waals surface area contributed by atoms with Crippen LogP contribution in [0.4, 0.5) is 0 Å². The molecule has 1 saturated heterocycles. The molecule has 5 nitrogen and oxygen atoms in total. The zero-order valence-electron chi connectivity index (χ0n) is 6.64. The molecule has 0 aliphatic carbocycles. The molecular weight excluding hydrogens is 192 g/mol. The van der Waals surface area contributed by atoms with Gasteiger partial charge in [-0.1, -0.05) is 5.10 Å². The third kappa shape index (κ3) is 1.41. The summed E-state index contributed by atoms with van der Waals surface area (Å²) in [5, 5.41) is 12.1. The fourth-order valence-electron chi connectivity index (χ4n) is 1.26. The quantitative estimate of drug-likeness (QED) is 0.436. The average molecular weight is 199 g/mol. The van der Waals surface area contributed by atoms with Crippen molar-refractivity contribution in [1.82, 2.24) is 0 Å². The van der Waals surface area contributed by atoms with Crippen LogP contribution in [-0.2, 0) is 4.74 Å². The number of fused-ring (bicyclic) bond motifs is 1. The molecule has 1 N–H and O–H groups in total. The minimum absolute atomic E-state index is 0. The SMILES string of the molecule is C1=CC2=NN=N[NH+]2C=C1C1CO1.[Cl-]. The number of rotatable bonds is 1. The van der Waals surface area contributed by atoms with Crippen LogP contribution < -0.4 is 17.4 Å². The molecule has 3 rings (SSSR count). The number of hydrogen-bond donors (Lipinski definition) is 1. The maximum atomic E-state index is 5.15. The van der Waals surface area contributed by atoms with Crippen LogP contribution >= 0.6 is 0 Å². The molecule has 0 spiro atoms. The van der Waals surface area contributed by atoms with Gasteiger partial charge < -0.3 is 17.1 Å². The van der Waals surface area contributed by atoms with Crippen molar-refractivity contribution in [2.24, 2.45) is 15.5 Å². The lowest BCUT2D eigenvalue weighted by molar-refractivity contribution is -0.755. The van der Waals surface area contributed by atoms with E-state index in [1.165, 1.54) is 5.57 Å². The smallest absolute Gasteiger partial charge is 0.279 e. The first kappa shape index (κ1) is 8.55. The van der Waals surface area contributed by atoms with Crippen molar-refractivity contribution in [1.29, 1.82) is 0 Å². The van der Waals surface area contributed by atoms with Crippen LogP contribution in [0.25, 0.3) is 0 Å². The van der Waals surface area contributed by atoms with Gasteiger partial charge in [-0.3, -0.25) is 0 Å². The van der Waals surface area contributed by atoms with Crippen LogP contribution in [0.5, 0.6) is 0 Å². The Morgan fingerprint density at radius 1 is 1.46 bits per heavy atom. The van der Waals surface area contributed by atoms with Crippen molar-refractivity contribution in [3.8, 4) is 0 Å². The van der Waals surface area contributed by atoms with Crippen LogP contribution in [0.3, 0.4) is 0 Å². The van der Waals surface area contributed by atoms with Crippen LogP contribution in [0.15, 0.2) is 39.5 Å². The van der Waals surface area contributed by atoms with Crippen molar-refractivity contribution < 1.29 is 22.2 Å². The maximum absolute atomic E-state index is 5.15. The van der Waals surface area contributed by atoms with Gasteiger partial charge in [-0.2, -0.15) is 0 Å². The minimum Gasteiger partial charge on any atom is -1.00 e. The van der Waals surface area contributed by atoms with E-state index in [2.05, 4.69) is 15.5 Å². The molecule has 6 heteroatoms. The molecule has 0 radical (unpaired) electrons. The molecule has 68 valence electrons. The van der Waals surface area contributed by atoms with Gasteiger partial charge in [0.25, 0.3) is 5.84 Å². The number of quaternary nitrogens is 1. The molecular formula is C7H7ClN4O. The molecule has 1 fully saturated rings. The second-order valence-electron chi connectivity index (χ2n) is 2.86. The molecule has 0 aromatic carbocycles. The van der Waals surface area contributed by atoms with Gasteiger partial charge in [0.2, 0.25) is 0 Å². The zero-order chi connectivity index (χ0) is 7.97. The third-order valence-corrected chi connectivity index (χ3v) is 2.01. The first-order valence-corrected chi connectivity index (χ1v) is 3.81.